The number of nitrogens with zero attached hydrogens (tertiary/aromatic N) is 2. The predicted molar refractivity (Wildman–Crippen MR) is 135 cm³/mol. The number of carboxylic acid groups (broad SMARTS) is 2. The zero-order valence-corrected chi connectivity index (χ0v) is 21.3. The molecule has 16 nitrogen and oxygen atoms in total. The molecule has 0 aliphatic rings. The lowest BCUT2D eigenvalue weighted by Gasteiger charge is -2.25. The van der Waals surface area contributed by atoms with E-state index in [0.29, 0.717) is 5.69 Å². The maximum atomic E-state index is 13.0. The second-order valence-electron chi connectivity index (χ2n) is 9.09. The van der Waals surface area contributed by atoms with Crippen LogP contribution in [0, 0.1) is 5.92 Å². The number of carbonyl (C=O) groups is 5. The molecule has 212 valence electrons. The summed E-state index contributed by atoms with van der Waals surface area (Å²) in [6.07, 6.45) is 2.56. The lowest BCUT2D eigenvalue weighted by Crippen LogP contribution is -2.57. The summed E-state index contributed by atoms with van der Waals surface area (Å²) < 4.78 is 0. The van der Waals surface area contributed by atoms with Crippen molar-refractivity contribution in [1.29, 1.82) is 0 Å². The Kier molecular flexibility index (Phi) is 13.2. The van der Waals surface area contributed by atoms with Crippen molar-refractivity contribution in [3.05, 3.63) is 18.2 Å². The quantitative estimate of drug-likeness (QED) is 0.0561. The molecule has 0 radical (unpaired) electrons. The van der Waals surface area contributed by atoms with Crippen LogP contribution in [0.15, 0.2) is 17.5 Å². The molecule has 12 N–H and O–H groups in total. The Hall–Kier alpha value is -4.21. The molecule has 0 aliphatic carbocycles. The summed E-state index contributed by atoms with van der Waals surface area (Å²) in [6.45, 7) is 3.72. The van der Waals surface area contributed by atoms with E-state index in [2.05, 4.69) is 30.9 Å². The average Bonchev–Trinajstić information content (AvgIpc) is 3.31. The van der Waals surface area contributed by atoms with Crippen LogP contribution >= 0.6 is 0 Å². The molecule has 1 aromatic heterocycles. The summed E-state index contributed by atoms with van der Waals surface area (Å²) in [5.41, 5.74) is 16.9. The number of carboxylic acids is 2. The predicted octanol–water partition coefficient (Wildman–Crippen LogP) is -2.61. The second kappa shape index (κ2) is 15.8. The first-order chi connectivity index (χ1) is 17.8. The SMILES string of the molecule is CC(C)CC(NC(=O)C(CC(=O)O)NC(=O)C(N)Cc1cnc[nH]1)C(=O)NC(CCCN=C(N)N)C(=O)O. The fraction of sp³-hybridized carbons (Fsp3) is 0.591. The number of amides is 3. The molecule has 0 aromatic carbocycles. The van der Waals surface area contributed by atoms with Crippen molar-refractivity contribution in [2.45, 2.75) is 70.1 Å². The Morgan fingerprint density at radius 3 is 2.13 bits per heavy atom. The van der Waals surface area contributed by atoms with Crippen molar-refractivity contribution in [2.24, 2.45) is 28.1 Å². The van der Waals surface area contributed by atoms with Crippen LogP contribution in [-0.2, 0) is 30.4 Å². The monoisotopic (exact) mass is 539 g/mol. The van der Waals surface area contributed by atoms with Gasteiger partial charge in [0.15, 0.2) is 5.96 Å². The molecule has 0 bridgehead atoms. The van der Waals surface area contributed by atoms with E-state index >= 15 is 0 Å². The Labute approximate surface area is 219 Å². The van der Waals surface area contributed by atoms with Crippen LogP contribution in [0.1, 0.15) is 45.2 Å². The number of imidazole rings is 1. The van der Waals surface area contributed by atoms with Crippen LogP contribution in [0.4, 0.5) is 0 Å². The Morgan fingerprint density at radius 2 is 1.61 bits per heavy atom. The van der Waals surface area contributed by atoms with Gasteiger partial charge in [0.1, 0.15) is 18.1 Å². The molecule has 1 aromatic rings. The van der Waals surface area contributed by atoms with Gasteiger partial charge in [0.25, 0.3) is 0 Å². The van der Waals surface area contributed by atoms with Gasteiger partial charge < -0.3 is 48.3 Å². The van der Waals surface area contributed by atoms with Crippen molar-refractivity contribution >= 4 is 35.6 Å². The highest BCUT2D eigenvalue weighted by Crippen LogP contribution is 2.08. The lowest BCUT2D eigenvalue weighted by molar-refractivity contribution is -0.143. The van der Waals surface area contributed by atoms with Crippen LogP contribution in [0.5, 0.6) is 0 Å². The normalized spacial score (nSPS) is 14.0. The first kappa shape index (κ1) is 31.8. The van der Waals surface area contributed by atoms with Gasteiger partial charge in [-0.1, -0.05) is 13.8 Å². The molecule has 0 spiro atoms. The topological polar surface area (TPSA) is 281 Å². The van der Waals surface area contributed by atoms with Gasteiger partial charge in [-0.25, -0.2) is 9.78 Å². The maximum Gasteiger partial charge on any atom is 0.326 e. The minimum Gasteiger partial charge on any atom is -0.481 e. The molecule has 4 unspecified atom stereocenters. The number of aromatic nitrogens is 2. The fourth-order valence-corrected chi connectivity index (χ4v) is 3.40. The van der Waals surface area contributed by atoms with Crippen molar-refractivity contribution in [2.75, 3.05) is 6.54 Å². The van der Waals surface area contributed by atoms with E-state index in [4.69, 9.17) is 17.2 Å². The molecule has 0 saturated heterocycles. The fourth-order valence-electron chi connectivity index (χ4n) is 3.40. The van der Waals surface area contributed by atoms with Crippen molar-refractivity contribution < 1.29 is 34.2 Å². The molecule has 3 amide bonds. The second-order valence-corrected chi connectivity index (χ2v) is 9.09. The van der Waals surface area contributed by atoms with E-state index < -0.39 is 60.2 Å². The van der Waals surface area contributed by atoms with Crippen LogP contribution < -0.4 is 33.2 Å². The highest BCUT2D eigenvalue weighted by Gasteiger charge is 2.31. The van der Waals surface area contributed by atoms with E-state index in [-0.39, 0.29) is 44.1 Å². The molecule has 4 atom stereocenters. The van der Waals surface area contributed by atoms with Crippen LogP contribution in [-0.4, -0.2) is 86.5 Å². The number of nitrogens with two attached hydrogens (primary N) is 3. The molecule has 16 heteroatoms. The molecule has 0 fully saturated rings. The highest BCUT2D eigenvalue weighted by molar-refractivity contribution is 5.95. The van der Waals surface area contributed by atoms with Crippen molar-refractivity contribution in [3.63, 3.8) is 0 Å². The third-order valence-electron chi connectivity index (χ3n) is 5.24. The number of carbonyl (C=O) groups excluding carboxylic acids is 3. The molecule has 1 rings (SSSR count). The van der Waals surface area contributed by atoms with Gasteiger partial charge in [0.05, 0.1) is 18.8 Å². The van der Waals surface area contributed by atoms with Gasteiger partial charge >= 0.3 is 11.9 Å². The van der Waals surface area contributed by atoms with E-state index in [1.165, 1.54) is 12.5 Å². The summed E-state index contributed by atoms with van der Waals surface area (Å²) in [7, 11) is 0. The summed E-state index contributed by atoms with van der Waals surface area (Å²) in [4.78, 5) is 71.8. The van der Waals surface area contributed by atoms with Crippen LogP contribution in [0.2, 0.25) is 0 Å². The molecule has 38 heavy (non-hydrogen) atoms. The molecule has 1 heterocycles. The van der Waals surface area contributed by atoms with Gasteiger partial charge in [-0.05, 0) is 25.2 Å². The Balaban J connectivity index is 2.92. The number of guanidine groups is 1. The minimum atomic E-state index is -1.54. The van der Waals surface area contributed by atoms with E-state index in [1.54, 1.807) is 13.8 Å². The number of hydrogen-bond acceptors (Lipinski definition) is 8. The van der Waals surface area contributed by atoms with Gasteiger partial charge in [-0.15, -0.1) is 0 Å². The third-order valence-corrected chi connectivity index (χ3v) is 5.24. The molecule has 0 aliphatic heterocycles. The summed E-state index contributed by atoms with van der Waals surface area (Å²) >= 11 is 0. The number of rotatable bonds is 17. The number of aliphatic imine (C=N–C) groups is 1. The Bertz CT molecular complexity index is 978. The molecular formula is C22H37N9O7. The van der Waals surface area contributed by atoms with Crippen LogP contribution in [0.3, 0.4) is 0 Å². The zero-order chi connectivity index (χ0) is 28.8. The van der Waals surface area contributed by atoms with Gasteiger partial charge in [-0.2, -0.15) is 0 Å². The van der Waals surface area contributed by atoms with Crippen molar-refractivity contribution in [1.82, 2.24) is 25.9 Å². The first-order valence-electron chi connectivity index (χ1n) is 11.9. The standard InChI is InChI=1S/C22H37N9O7/c1-11(2)6-15(19(35)29-14(21(37)38)4-3-5-27-22(24)25)31-20(36)16(8-17(32)33)30-18(34)13(23)7-12-9-26-10-28-12/h9-11,13-16H,3-8,23H2,1-2H3,(H,26,28)(H,29,35)(H,30,34)(H,31,36)(H,32,33)(H,37,38)(H4,24,25,27). The van der Waals surface area contributed by atoms with Gasteiger partial charge in [-0.3, -0.25) is 24.2 Å². The maximum absolute atomic E-state index is 13.0. The number of aromatic amines is 1. The third kappa shape index (κ3) is 12.2. The largest absolute Gasteiger partial charge is 0.481 e. The van der Waals surface area contributed by atoms with E-state index in [0.717, 1.165) is 0 Å². The number of H-pyrrole nitrogens is 1. The number of nitrogens with one attached hydrogen (secondary N) is 4. The van der Waals surface area contributed by atoms with E-state index in [1.807, 2.05) is 0 Å². The first-order valence-corrected chi connectivity index (χ1v) is 11.9. The van der Waals surface area contributed by atoms with Crippen molar-refractivity contribution in [3.8, 4) is 0 Å². The smallest absolute Gasteiger partial charge is 0.326 e. The molecule has 0 saturated carbocycles. The number of hydrogen-bond donors (Lipinski definition) is 9. The van der Waals surface area contributed by atoms with Gasteiger partial charge in [0.2, 0.25) is 17.7 Å². The Morgan fingerprint density at radius 1 is 1.00 bits per heavy atom. The molecular weight excluding hydrogens is 502 g/mol. The highest BCUT2D eigenvalue weighted by atomic mass is 16.4. The zero-order valence-electron chi connectivity index (χ0n) is 21.3. The summed E-state index contributed by atoms with van der Waals surface area (Å²) in [5, 5.41) is 25.9. The van der Waals surface area contributed by atoms with Crippen LogP contribution in [0.25, 0.3) is 0 Å². The summed E-state index contributed by atoms with van der Waals surface area (Å²) in [6, 6.07) is -5.12. The number of aliphatic carboxylic acids is 2. The average molecular weight is 540 g/mol. The van der Waals surface area contributed by atoms with E-state index in [9.17, 15) is 34.2 Å². The minimum absolute atomic E-state index is 0.0200. The van der Waals surface area contributed by atoms with Gasteiger partial charge in [0, 0.05) is 24.9 Å². The summed E-state index contributed by atoms with van der Waals surface area (Å²) in [5.74, 6) is -5.41. The lowest BCUT2D eigenvalue weighted by atomic mass is 10.0.